The SMILES string of the molecule is CN(Cc1ccco1)C1CCc2c(c(C(=O)NCCc3ccccc3)nn2C)C1. The maximum absolute atomic E-state index is 12.8. The summed E-state index contributed by atoms with van der Waals surface area (Å²) in [6.45, 7) is 1.38. The molecule has 1 unspecified atom stereocenters. The number of aryl methyl sites for hydroxylation is 1. The highest BCUT2D eigenvalue weighted by Gasteiger charge is 2.30. The minimum Gasteiger partial charge on any atom is -0.468 e. The van der Waals surface area contributed by atoms with Crippen molar-refractivity contribution in [2.75, 3.05) is 13.6 Å². The number of fused-ring (bicyclic) bond motifs is 1. The van der Waals surface area contributed by atoms with Crippen LogP contribution in [0.25, 0.3) is 0 Å². The largest absolute Gasteiger partial charge is 0.468 e. The lowest BCUT2D eigenvalue weighted by Crippen LogP contribution is -2.37. The fraction of sp³-hybridized carbons (Fsp3) is 0.391. The third-order valence-electron chi connectivity index (χ3n) is 5.79. The Balaban J connectivity index is 1.41. The third-order valence-corrected chi connectivity index (χ3v) is 5.79. The van der Waals surface area contributed by atoms with Crippen molar-refractivity contribution >= 4 is 5.91 Å². The van der Waals surface area contributed by atoms with Crippen LogP contribution in [0.2, 0.25) is 0 Å². The fourth-order valence-corrected chi connectivity index (χ4v) is 4.16. The van der Waals surface area contributed by atoms with Crippen molar-refractivity contribution in [2.45, 2.75) is 38.3 Å². The lowest BCUT2D eigenvalue weighted by atomic mass is 9.90. The number of nitrogens with one attached hydrogen (secondary N) is 1. The van der Waals surface area contributed by atoms with E-state index < -0.39 is 0 Å². The number of carbonyl (C=O) groups excluding carboxylic acids is 1. The van der Waals surface area contributed by atoms with Crippen molar-refractivity contribution in [3.63, 3.8) is 0 Å². The molecule has 0 saturated carbocycles. The molecule has 6 nitrogen and oxygen atoms in total. The minimum absolute atomic E-state index is 0.0767. The van der Waals surface area contributed by atoms with Crippen LogP contribution in [-0.2, 0) is 32.9 Å². The van der Waals surface area contributed by atoms with E-state index in [1.54, 1.807) is 6.26 Å². The van der Waals surface area contributed by atoms with Crippen molar-refractivity contribution in [1.29, 1.82) is 0 Å². The molecule has 29 heavy (non-hydrogen) atoms. The van der Waals surface area contributed by atoms with E-state index in [2.05, 4.69) is 34.5 Å². The first-order chi connectivity index (χ1) is 14.1. The average molecular weight is 393 g/mol. The molecular formula is C23H28N4O2. The molecule has 2 heterocycles. The van der Waals surface area contributed by atoms with E-state index in [-0.39, 0.29) is 5.91 Å². The molecule has 0 spiro atoms. The van der Waals surface area contributed by atoms with E-state index in [0.29, 0.717) is 18.3 Å². The molecule has 2 aromatic heterocycles. The van der Waals surface area contributed by atoms with E-state index in [1.165, 1.54) is 11.3 Å². The van der Waals surface area contributed by atoms with Gasteiger partial charge in [0.1, 0.15) is 5.76 Å². The summed E-state index contributed by atoms with van der Waals surface area (Å²) < 4.78 is 7.37. The molecular weight excluding hydrogens is 364 g/mol. The summed E-state index contributed by atoms with van der Waals surface area (Å²) in [6, 6.07) is 14.5. The number of carbonyl (C=O) groups is 1. The Morgan fingerprint density at radius 1 is 1.28 bits per heavy atom. The number of likely N-dealkylation sites (N-methyl/N-ethyl adjacent to an activating group) is 1. The normalized spacial score (nSPS) is 16.0. The summed E-state index contributed by atoms with van der Waals surface area (Å²) >= 11 is 0. The first kappa shape index (κ1) is 19.5. The van der Waals surface area contributed by atoms with Gasteiger partial charge in [-0.25, -0.2) is 0 Å². The van der Waals surface area contributed by atoms with Gasteiger partial charge in [-0.15, -0.1) is 0 Å². The van der Waals surface area contributed by atoms with Gasteiger partial charge in [0.05, 0.1) is 12.8 Å². The van der Waals surface area contributed by atoms with Crippen LogP contribution in [0.3, 0.4) is 0 Å². The van der Waals surface area contributed by atoms with Gasteiger partial charge in [-0.3, -0.25) is 14.4 Å². The number of amides is 1. The molecule has 1 aromatic carbocycles. The van der Waals surface area contributed by atoms with E-state index in [1.807, 2.05) is 42.1 Å². The third kappa shape index (κ3) is 4.43. The van der Waals surface area contributed by atoms with Crippen molar-refractivity contribution < 1.29 is 9.21 Å². The first-order valence-corrected chi connectivity index (χ1v) is 10.2. The predicted molar refractivity (Wildman–Crippen MR) is 112 cm³/mol. The number of hydrogen-bond acceptors (Lipinski definition) is 4. The van der Waals surface area contributed by atoms with E-state index in [9.17, 15) is 4.79 Å². The maximum atomic E-state index is 12.8. The van der Waals surface area contributed by atoms with Crippen molar-refractivity contribution in [2.24, 2.45) is 7.05 Å². The second-order valence-electron chi connectivity index (χ2n) is 7.78. The van der Waals surface area contributed by atoms with Crippen LogP contribution >= 0.6 is 0 Å². The zero-order chi connectivity index (χ0) is 20.2. The van der Waals surface area contributed by atoms with Crippen LogP contribution in [0.5, 0.6) is 0 Å². The van der Waals surface area contributed by atoms with Crippen LogP contribution < -0.4 is 5.32 Å². The monoisotopic (exact) mass is 392 g/mol. The highest BCUT2D eigenvalue weighted by molar-refractivity contribution is 5.94. The molecule has 1 atom stereocenters. The number of rotatable bonds is 7. The summed E-state index contributed by atoms with van der Waals surface area (Å²) in [5.74, 6) is 0.885. The summed E-state index contributed by atoms with van der Waals surface area (Å²) in [5, 5.41) is 7.60. The molecule has 0 radical (unpaired) electrons. The molecule has 6 heteroatoms. The zero-order valence-electron chi connectivity index (χ0n) is 17.1. The number of nitrogens with zero attached hydrogens (tertiary/aromatic N) is 3. The molecule has 1 amide bonds. The Kier molecular flexibility index (Phi) is 5.81. The zero-order valence-corrected chi connectivity index (χ0v) is 17.1. The van der Waals surface area contributed by atoms with E-state index >= 15 is 0 Å². The molecule has 0 aliphatic heterocycles. The summed E-state index contributed by atoms with van der Waals surface area (Å²) in [7, 11) is 4.06. The molecule has 1 aliphatic carbocycles. The smallest absolute Gasteiger partial charge is 0.272 e. The number of aromatic nitrogens is 2. The summed E-state index contributed by atoms with van der Waals surface area (Å²) in [6.07, 6.45) is 5.35. The molecule has 1 aliphatic rings. The predicted octanol–water partition coefficient (Wildman–Crippen LogP) is 2.97. The Labute approximate surface area is 171 Å². The highest BCUT2D eigenvalue weighted by atomic mass is 16.3. The standard InChI is InChI=1S/C23H28N4O2/c1-26(16-19-9-6-14-29-19)18-10-11-21-20(15-18)22(25-27(21)2)23(28)24-13-12-17-7-4-3-5-8-17/h3-9,14,18H,10-13,15-16H2,1-2H3,(H,24,28). The summed E-state index contributed by atoms with van der Waals surface area (Å²) in [4.78, 5) is 15.1. The van der Waals surface area contributed by atoms with Gasteiger partial charge in [0.25, 0.3) is 5.91 Å². The molecule has 0 fully saturated rings. The van der Waals surface area contributed by atoms with E-state index in [4.69, 9.17) is 4.42 Å². The quantitative estimate of drug-likeness (QED) is 0.671. The van der Waals surface area contributed by atoms with Crippen molar-refractivity contribution in [3.05, 3.63) is 77.0 Å². The number of furan rings is 1. The van der Waals surface area contributed by atoms with Crippen LogP contribution in [0.15, 0.2) is 53.1 Å². The fourth-order valence-electron chi connectivity index (χ4n) is 4.16. The molecule has 1 N–H and O–H groups in total. The van der Waals surface area contributed by atoms with Crippen LogP contribution in [0.1, 0.15) is 39.5 Å². The van der Waals surface area contributed by atoms with Crippen molar-refractivity contribution in [3.8, 4) is 0 Å². The van der Waals surface area contributed by atoms with Gasteiger partial charge < -0.3 is 9.73 Å². The number of hydrogen-bond donors (Lipinski definition) is 1. The molecule has 152 valence electrons. The van der Waals surface area contributed by atoms with Crippen LogP contribution in [-0.4, -0.2) is 40.2 Å². The van der Waals surface area contributed by atoms with Gasteiger partial charge in [-0.1, -0.05) is 30.3 Å². The average Bonchev–Trinajstić information content (AvgIpc) is 3.36. The van der Waals surface area contributed by atoms with Crippen molar-refractivity contribution in [1.82, 2.24) is 20.0 Å². The van der Waals surface area contributed by atoms with Gasteiger partial charge >= 0.3 is 0 Å². The molecule has 4 rings (SSSR count). The van der Waals surface area contributed by atoms with Gasteiger partial charge in [-0.2, -0.15) is 5.10 Å². The molecule has 3 aromatic rings. The second-order valence-corrected chi connectivity index (χ2v) is 7.78. The molecule has 0 saturated heterocycles. The Hall–Kier alpha value is -2.86. The second kappa shape index (κ2) is 8.66. The van der Waals surface area contributed by atoms with Gasteiger partial charge in [0, 0.05) is 30.9 Å². The Bertz CT molecular complexity index is 947. The highest BCUT2D eigenvalue weighted by Crippen LogP contribution is 2.27. The van der Waals surface area contributed by atoms with Crippen LogP contribution in [0, 0.1) is 0 Å². The van der Waals surface area contributed by atoms with Gasteiger partial charge in [0.15, 0.2) is 5.69 Å². The Morgan fingerprint density at radius 3 is 2.86 bits per heavy atom. The maximum Gasteiger partial charge on any atom is 0.272 e. The van der Waals surface area contributed by atoms with Gasteiger partial charge in [-0.05, 0) is 50.4 Å². The topological polar surface area (TPSA) is 63.3 Å². The molecule has 0 bridgehead atoms. The first-order valence-electron chi connectivity index (χ1n) is 10.2. The van der Waals surface area contributed by atoms with E-state index in [0.717, 1.165) is 43.6 Å². The van der Waals surface area contributed by atoms with Gasteiger partial charge in [0.2, 0.25) is 0 Å². The summed E-state index contributed by atoms with van der Waals surface area (Å²) in [5.41, 5.74) is 4.07. The lowest BCUT2D eigenvalue weighted by Gasteiger charge is -2.31. The Morgan fingerprint density at radius 2 is 2.10 bits per heavy atom. The lowest BCUT2D eigenvalue weighted by molar-refractivity contribution is 0.0946. The number of benzene rings is 1. The minimum atomic E-state index is -0.0767. The van der Waals surface area contributed by atoms with Crippen LogP contribution in [0.4, 0.5) is 0 Å².